The molecule has 0 N–H and O–H groups in total. The predicted octanol–water partition coefficient (Wildman–Crippen LogP) is 2.19. The maximum absolute atomic E-state index is 12.9. The summed E-state index contributed by atoms with van der Waals surface area (Å²) in [7, 11) is -3.60. The van der Waals surface area contributed by atoms with Crippen LogP contribution in [0, 0.1) is 0 Å². The van der Waals surface area contributed by atoms with E-state index >= 15 is 0 Å². The molecule has 3 aromatic rings. The van der Waals surface area contributed by atoms with E-state index in [2.05, 4.69) is 10.2 Å². The topological polar surface area (TPSA) is 94.4 Å². The lowest BCUT2D eigenvalue weighted by Gasteiger charge is -2.26. The molecule has 8 nitrogen and oxygen atoms in total. The lowest BCUT2D eigenvalue weighted by Crippen LogP contribution is -2.41. The van der Waals surface area contributed by atoms with Gasteiger partial charge in [0.2, 0.25) is 5.91 Å². The summed E-state index contributed by atoms with van der Waals surface area (Å²) in [6.45, 7) is 2.23. The lowest BCUT2D eigenvalue weighted by molar-refractivity contribution is -0.132. The third-order valence-electron chi connectivity index (χ3n) is 4.82. The lowest BCUT2D eigenvalue weighted by atomic mass is 10.3. The minimum Gasteiger partial charge on any atom is -0.378 e. The molecular weight excluding hydrogens is 436 g/mol. The molecule has 0 aliphatic carbocycles. The van der Waals surface area contributed by atoms with Crippen LogP contribution < -0.4 is 0 Å². The van der Waals surface area contributed by atoms with Gasteiger partial charge in [-0.15, -0.1) is 10.2 Å². The number of hydrogen-bond donors (Lipinski definition) is 0. The fourth-order valence-corrected chi connectivity index (χ4v) is 5.37. The van der Waals surface area contributed by atoms with Crippen LogP contribution in [0.1, 0.15) is 5.82 Å². The van der Waals surface area contributed by atoms with Crippen molar-refractivity contribution in [1.29, 1.82) is 0 Å². The summed E-state index contributed by atoms with van der Waals surface area (Å²) < 4.78 is 32.8. The van der Waals surface area contributed by atoms with Crippen LogP contribution in [0.4, 0.5) is 0 Å². The number of sulfone groups is 1. The Morgan fingerprint density at radius 2 is 1.61 bits per heavy atom. The predicted molar refractivity (Wildman–Crippen MR) is 117 cm³/mol. The quantitative estimate of drug-likeness (QED) is 0.501. The van der Waals surface area contributed by atoms with Crippen molar-refractivity contribution in [2.45, 2.75) is 15.8 Å². The van der Waals surface area contributed by atoms with Gasteiger partial charge < -0.3 is 9.64 Å². The van der Waals surface area contributed by atoms with Gasteiger partial charge in [-0.25, -0.2) is 8.42 Å². The fraction of sp³-hybridized carbons (Fsp3) is 0.286. The van der Waals surface area contributed by atoms with Gasteiger partial charge in [0.05, 0.1) is 23.9 Å². The van der Waals surface area contributed by atoms with E-state index in [1.165, 1.54) is 11.8 Å². The molecule has 0 unspecified atom stereocenters. The molecular formula is C21H22N4O4S2. The number of ether oxygens (including phenoxy) is 1. The molecule has 162 valence electrons. The molecule has 10 heteroatoms. The molecule has 0 spiro atoms. The number of thioether (sulfide) groups is 1. The average Bonchev–Trinajstić information content (AvgIpc) is 3.20. The van der Waals surface area contributed by atoms with Crippen LogP contribution >= 0.6 is 11.8 Å². The molecule has 2 aromatic carbocycles. The molecule has 0 radical (unpaired) electrons. The second-order valence-corrected chi connectivity index (χ2v) is 9.86. The van der Waals surface area contributed by atoms with Crippen molar-refractivity contribution in [2.75, 3.05) is 32.1 Å². The monoisotopic (exact) mass is 458 g/mol. The van der Waals surface area contributed by atoms with Crippen LogP contribution in [0.15, 0.2) is 70.7 Å². The smallest absolute Gasteiger partial charge is 0.233 e. The van der Waals surface area contributed by atoms with Gasteiger partial charge in [0.15, 0.2) is 20.8 Å². The Balaban J connectivity index is 1.59. The van der Waals surface area contributed by atoms with Crippen molar-refractivity contribution in [3.63, 3.8) is 0 Å². The minimum absolute atomic E-state index is 0.00521. The van der Waals surface area contributed by atoms with E-state index in [1.807, 2.05) is 30.3 Å². The van der Waals surface area contributed by atoms with E-state index in [-0.39, 0.29) is 22.3 Å². The zero-order valence-corrected chi connectivity index (χ0v) is 18.4. The van der Waals surface area contributed by atoms with E-state index in [9.17, 15) is 13.2 Å². The minimum atomic E-state index is -3.60. The maximum atomic E-state index is 12.9. The van der Waals surface area contributed by atoms with Crippen molar-refractivity contribution in [2.24, 2.45) is 0 Å². The Hall–Kier alpha value is -2.69. The van der Waals surface area contributed by atoms with Crippen molar-refractivity contribution >= 4 is 27.5 Å². The van der Waals surface area contributed by atoms with E-state index in [0.29, 0.717) is 37.3 Å². The maximum Gasteiger partial charge on any atom is 0.233 e. The number of hydrogen-bond acceptors (Lipinski definition) is 7. The van der Waals surface area contributed by atoms with E-state index < -0.39 is 9.84 Å². The summed E-state index contributed by atoms with van der Waals surface area (Å²) in [4.78, 5) is 14.5. The number of benzene rings is 2. The number of rotatable bonds is 7. The van der Waals surface area contributed by atoms with E-state index in [0.717, 1.165) is 5.69 Å². The highest BCUT2D eigenvalue weighted by molar-refractivity contribution is 7.99. The van der Waals surface area contributed by atoms with Gasteiger partial charge in [0, 0.05) is 18.8 Å². The number of carbonyl (C=O) groups excluding carboxylic acids is 1. The zero-order valence-electron chi connectivity index (χ0n) is 16.8. The van der Waals surface area contributed by atoms with Crippen LogP contribution in [0.25, 0.3) is 5.69 Å². The second kappa shape index (κ2) is 9.63. The van der Waals surface area contributed by atoms with Crippen LogP contribution in [0.3, 0.4) is 0 Å². The summed E-state index contributed by atoms with van der Waals surface area (Å²) >= 11 is 1.25. The number of para-hydroxylation sites is 1. The van der Waals surface area contributed by atoms with E-state index in [4.69, 9.17) is 4.74 Å². The van der Waals surface area contributed by atoms with Crippen LogP contribution in [0.5, 0.6) is 0 Å². The first-order valence-electron chi connectivity index (χ1n) is 9.80. The summed E-state index contributed by atoms with van der Waals surface area (Å²) in [5, 5.41) is 8.84. The third kappa shape index (κ3) is 5.15. The number of nitrogens with zero attached hydrogens (tertiary/aromatic N) is 4. The normalized spacial score (nSPS) is 14.5. The second-order valence-electron chi connectivity index (χ2n) is 6.92. The van der Waals surface area contributed by atoms with Crippen molar-refractivity contribution in [3.05, 3.63) is 66.5 Å². The highest BCUT2D eigenvalue weighted by atomic mass is 32.2. The number of carbonyl (C=O) groups is 1. The fourth-order valence-electron chi connectivity index (χ4n) is 3.24. The van der Waals surface area contributed by atoms with Crippen LogP contribution in [-0.2, 0) is 25.1 Å². The summed E-state index contributed by atoms with van der Waals surface area (Å²) in [5.74, 6) is 0.193. The van der Waals surface area contributed by atoms with Gasteiger partial charge in [-0.05, 0) is 24.3 Å². The Labute approximate surface area is 185 Å². The molecule has 0 atom stereocenters. The molecule has 1 aliphatic heterocycles. The molecule has 0 saturated carbocycles. The average molecular weight is 459 g/mol. The number of amides is 1. The molecule has 0 bridgehead atoms. The molecule has 1 aromatic heterocycles. The van der Waals surface area contributed by atoms with Gasteiger partial charge in [0.25, 0.3) is 0 Å². The van der Waals surface area contributed by atoms with Crippen LogP contribution in [0.2, 0.25) is 0 Å². The van der Waals surface area contributed by atoms with Crippen molar-refractivity contribution in [1.82, 2.24) is 19.7 Å². The molecule has 2 heterocycles. The molecule has 1 fully saturated rings. The molecule has 4 rings (SSSR count). The molecule has 31 heavy (non-hydrogen) atoms. The molecule has 1 saturated heterocycles. The summed E-state index contributed by atoms with van der Waals surface area (Å²) in [6.07, 6.45) is 0. The van der Waals surface area contributed by atoms with Gasteiger partial charge in [-0.3, -0.25) is 9.36 Å². The van der Waals surface area contributed by atoms with Gasteiger partial charge in [-0.1, -0.05) is 48.2 Å². The highest BCUT2D eigenvalue weighted by Gasteiger charge is 2.24. The first-order chi connectivity index (χ1) is 15.0. The summed E-state index contributed by atoms with van der Waals surface area (Å²) in [5.41, 5.74) is 0.743. The van der Waals surface area contributed by atoms with E-state index in [1.54, 1.807) is 39.8 Å². The van der Waals surface area contributed by atoms with Crippen molar-refractivity contribution in [3.8, 4) is 5.69 Å². The van der Waals surface area contributed by atoms with Gasteiger partial charge in [-0.2, -0.15) is 0 Å². The zero-order chi connectivity index (χ0) is 21.7. The molecule has 1 aliphatic rings. The Morgan fingerprint density at radius 3 is 2.29 bits per heavy atom. The Morgan fingerprint density at radius 1 is 0.968 bits per heavy atom. The largest absolute Gasteiger partial charge is 0.378 e. The van der Waals surface area contributed by atoms with Gasteiger partial charge >= 0.3 is 0 Å². The number of morpholine rings is 1. The SMILES string of the molecule is O=C(CSc1nnc(CS(=O)(=O)c2ccccc2)n1-c1ccccc1)N1CCOCC1. The Bertz CT molecular complexity index is 1130. The standard InChI is InChI=1S/C21H22N4O4S2/c26-20(24-11-13-29-14-12-24)15-30-21-23-22-19(25(21)17-7-3-1-4-8-17)16-31(27,28)18-9-5-2-6-10-18/h1-10H,11-16H2. The highest BCUT2D eigenvalue weighted by Crippen LogP contribution is 2.25. The summed E-state index contributed by atoms with van der Waals surface area (Å²) in [6, 6.07) is 17.6. The van der Waals surface area contributed by atoms with Crippen LogP contribution in [-0.4, -0.2) is 66.0 Å². The van der Waals surface area contributed by atoms with Gasteiger partial charge in [0.1, 0.15) is 5.75 Å². The number of aromatic nitrogens is 3. The third-order valence-corrected chi connectivity index (χ3v) is 7.37. The first kappa shape index (κ1) is 21.5. The van der Waals surface area contributed by atoms with Crippen molar-refractivity contribution < 1.29 is 17.9 Å². The first-order valence-corrected chi connectivity index (χ1v) is 12.4. The Kier molecular flexibility index (Phi) is 6.69. The molecule has 1 amide bonds.